The molecule has 0 amide bonds. The Balaban J connectivity index is 1.80. The van der Waals surface area contributed by atoms with Crippen LogP contribution in [0.3, 0.4) is 0 Å². The van der Waals surface area contributed by atoms with Crippen molar-refractivity contribution in [1.82, 2.24) is 29.0 Å². The van der Waals surface area contributed by atoms with Crippen LogP contribution in [-0.4, -0.2) is 29.0 Å². The molecule has 0 radical (unpaired) electrons. The maximum atomic E-state index is 14.5. The SMILES string of the molecule is CC(C)c1nnc2cnc(-c3c(-c4ccc(F)cc4F)nc4occn34)cn12. The van der Waals surface area contributed by atoms with E-state index in [1.54, 1.807) is 23.0 Å². The van der Waals surface area contributed by atoms with E-state index < -0.39 is 11.6 Å². The average molecular weight is 380 g/mol. The molecule has 0 saturated carbocycles. The zero-order valence-electron chi connectivity index (χ0n) is 15.0. The molecule has 7 nitrogen and oxygen atoms in total. The van der Waals surface area contributed by atoms with Gasteiger partial charge >= 0.3 is 5.84 Å². The Morgan fingerprint density at radius 1 is 1.11 bits per heavy atom. The summed E-state index contributed by atoms with van der Waals surface area (Å²) in [5.74, 6) is -0.158. The van der Waals surface area contributed by atoms with E-state index in [2.05, 4.69) is 20.2 Å². The monoisotopic (exact) mass is 380 g/mol. The van der Waals surface area contributed by atoms with Gasteiger partial charge in [0.25, 0.3) is 0 Å². The molecular weight excluding hydrogens is 366 g/mol. The number of benzene rings is 1. The highest BCUT2D eigenvalue weighted by atomic mass is 19.1. The number of fused-ring (bicyclic) bond motifs is 2. The second-order valence-electron chi connectivity index (χ2n) is 6.70. The van der Waals surface area contributed by atoms with E-state index in [0.29, 0.717) is 22.7 Å². The van der Waals surface area contributed by atoms with Gasteiger partial charge in [-0.3, -0.25) is 8.80 Å². The molecular formula is C19H14F2N6O. The van der Waals surface area contributed by atoms with Gasteiger partial charge in [0.15, 0.2) is 5.65 Å². The summed E-state index contributed by atoms with van der Waals surface area (Å²) in [7, 11) is 0. The Morgan fingerprint density at radius 3 is 2.75 bits per heavy atom. The number of hydrogen-bond donors (Lipinski definition) is 0. The summed E-state index contributed by atoms with van der Waals surface area (Å²) >= 11 is 0. The van der Waals surface area contributed by atoms with Crippen molar-refractivity contribution in [1.29, 1.82) is 0 Å². The predicted octanol–water partition coefficient (Wildman–Crippen LogP) is 4.10. The number of imidazole rings is 1. The molecule has 0 spiro atoms. The number of rotatable bonds is 3. The van der Waals surface area contributed by atoms with E-state index in [1.807, 2.05) is 18.2 Å². The van der Waals surface area contributed by atoms with Gasteiger partial charge in [0.1, 0.15) is 40.8 Å². The lowest BCUT2D eigenvalue weighted by atomic mass is 10.1. The van der Waals surface area contributed by atoms with Gasteiger partial charge in [-0.1, -0.05) is 13.8 Å². The number of aromatic nitrogens is 6. The maximum absolute atomic E-state index is 14.5. The van der Waals surface area contributed by atoms with Crippen LogP contribution in [0.5, 0.6) is 0 Å². The van der Waals surface area contributed by atoms with Crippen molar-refractivity contribution in [2.75, 3.05) is 0 Å². The Labute approximate surface area is 157 Å². The first-order chi connectivity index (χ1) is 13.5. The first-order valence-corrected chi connectivity index (χ1v) is 8.65. The fraction of sp³-hybridized carbons (Fsp3) is 0.158. The minimum absolute atomic E-state index is 0.152. The molecule has 0 unspecified atom stereocenters. The average Bonchev–Trinajstić information content (AvgIpc) is 3.34. The standard InChI is InChI=1S/C19H14F2N6O/c1-10(2)18-25-24-15-8-22-14(9-27(15)18)17-16(23-19-26(17)5-6-28-19)12-4-3-11(20)7-13(12)21/h3-10H,1-2H3. The molecule has 0 bridgehead atoms. The zero-order chi connectivity index (χ0) is 19.4. The summed E-state index contributed by atoms with van der Waals surface area (Å²) in [6, 6.07) is 3.37. The lowest BCUT2D eigenvalue weighted by molar-refractivity contribution is 0.585. The summed E-state index contributed by atoms with van der Waals surface area (Å²) in [6.07, 6.45) is 6.53. The zero-order valence-corrected chi connectivity index (χ0v) is 15.0. The van der Waals surface area contributed by atoms with Gasteiger partial charge in [0.2, 0.25) is 0 Å². The summed E-state index contributed by atoms with van der Waals surface area (Å²) in [5, 5.41) is 8.33. The van der Waals surface area contributed by atoms with Crippen LogP contribution in [0.2, 0.25) is 0 Å². The van der Waals surface area contributed by atoms with Gasteiger partial charge in [-0.15, -0.1) is 10.2 Å². The molecule has 9 heteroatoms. The van der Waals surface area contributed by atoms with E-state index in [-0.39, 0.29) is 17.3 Å². The molecule has 4 heterocycles. The van der Waals surface area contributed by atoms with Crippen LogP contribution in [0.1, 0.15) is 25.6 Å². The van der Waals surface area contributed by atoms with E-state index in [4.69, 9.17) is 4.42 Å². The lowest BCUT2D eigenvalue weighted by Gasteiger charge is -2.07. The van der Waals surface area contributed by atoms with Gasteiger partial charge in [-0.25, -0.2) is 13.8 Å². The minimum Gasteiger partial charge on any atom is -0.432 e. The van der Waals surface area contributed by atoms with E-state index in [0.717, 1.165) is 11.9 Å². The Kier molecular flexibility index (Phi) is 3.51. The number of halogens is 2. The Bertz CT molecular complexity index is 1330. The molecule has 0 atom stereocenters. The first-order valence-electron chi connectivity index (χ1n) is 8.65. The van der Waals surface area contributed by atoms with Crippen LogP contribution in [0.4, 0.5) is 8.78 Å². The normalized spacial score (nSPS) is 11.9. The molecule has 4 aromatic heterocycles. The topological polar surface area (TPSA) is 73.5 Å². The van der Waals surface area contributed by atoms with Crippen molar-refractivity contribution < 1.29 is 13.2 Å². The van der Waals surface area contributed by atoms with Gasteiger partial charge in [-0.2, -0.15) is 4.98 Å². The fourth-order valence-electron chi connectivity index (χ4n) is 3.24. The van der Waals surface area contributed by atoms with Crippen LogP contribution < -0.4 is 0 Å². The third-order valence-corrected chi connectivity index (χ3v) is 4.53. The third-order valence-electron chi connectivity index (χ3n) is 4.53. The molecule has 0 N–H and O–H groups in total. The van der Waals surface area contributed by atoms with E-state index in [9.17, 15) is 8.78 Å². The molecule has 0 aliphatic heterocycles. The number of nitrogens with zero attached hydrogens (tertiary/aromatic N) is 6. The van der Waals surface area contributed by atoms with Crippen molar-refractivity contribution >= 4 is 11.5 Å². The molecule has 1 aromatic carbocycles. The Morgan fingerprint density at radius 2 is 1.96 bits per heavy atom. The van der Waals surface area contributed by atoms with Crippen molar-refractivity contribution in [2.45, 2.75) is 19.8 Å². The Hall–Kier alpha value is -3.62. The van der Waals surface area contributed by atoms with Crippen LogP contribution in [-0.2, 0) is 0 Å². The van der Waals surface area contributed by atoms with Crippen molar-refractivity contribution in [3.63, 3.8) is 0 Å². The second-order valence-corrected chi connectivity index (χ2v) is 6.70. The van der Waals surface area contributed by atoms with E-state index >= 15 is 0 Å². The van der Waals surface area contributed by atoms with Crippen molar-refractivity contribution in [2.24, 2.45) is 0 Å². The summed E-state index contributed by atoms with van der Waals surface area (Å²) in [5.41, 5.74) is 2.13. The maximum Gasteiger partial charge on any atom is 0.306 e. The molecule has 5 rings (SSSR count). The number of hydrogen-bond acceptors (Lipinski definition) is 5. The summed E-state index contributed by atoms with van der Waals surface area (Å²) < 4.78 is 36.7. The first kappa shape index (κ1) is 16.5. The molecule has 0 aliphatic carbocycles. The highest BCUT2D eigenvalue weighted by Gasteiger charge is 2.22. The molecule has 0 saturated heterocycles. The van der Waals surface area contributed by atoms with Gasteiger partial charge in [0.05, 0.1) is 6.20 Å². The minimum atomic E-state index is -0.713. The van der Waals surface area contributed by atoms with Crippen molar-refractivity contribution in [3.05, 3.63) is 60.5 Å². The molecule has 0 fully saturated rings. The van der Waals surface area contributed by atoms with Gasteiger partial charge in [0, 0.05) is 29.9 Å². The quantitative estimate of drug-likeness (QED) is 0.471. The predicted molar refractivity (Wildman–Crippen MR) is 96.7 cm³/mol. The third kappa shape index (κ3) is 2.39. The van der Waals surface area contributed by atoms with Gasteiger partial charge in [-0.05, 0) is 12.1 Å². The second kappa shape index (κ2) is 5.95. The summed E-state index contributed by atoms with van der Waals surface area (Å²) in [4.78, 5) is 8.85. The molecule has 28 heavy (non-hydrogen) atoms. The lowest BCUT2D eigenvalue weighted by Crippen LogP contribution is -2.00. The smallest absolute Gasteiger partial charge is 0.306 e. The van der Waals surface area contributed by atoms with E-state index in [1.165, 1.54) is 18.4 Å². The van der Waals surface area contributed by atoms with Crippen LogP contribution in [0.15, 0.2) is 47.5 Å². The van der Waals surface area contributed by atoms with Crippen LogP contribution >= 0.6 is 0 Å². The largest absolute Gasteiger partial charge is 0.432 e. The fourth-order valence-corrected chi connectivity index (χ4v) is 3.24. The molecule has 5 aromatic rings. The molecule has 0 aliphatic rings. The van der Waals surface area contributed by atoms with Crippen LogP contribution in [0.25, 0.3) is 34.1 Å². The number of oxazole rings is 1. The van der Waals surface area contributed by atoms with Gasteiger partial charge < -0.3 is 4.42 Å². The van der Waals surface area contributed by atoms with Crippen molar-refractivity contribution in [3.8, 4) is 22.6 Å². The highest BCUT2D eigenvalue weighted by molar-refractivity contribution is 5.79. The van der Waals surface area contributed by atoms with Crippen LogP contribution in [0, 0.1) is 11.6 Å². The highest BCUT2D eigenvalue weighted by Crippen LogP contribution is 2.34. The summed E-state index contributed by atoms with van der Waals surface area (Å²) in [6.45, 7) is 4.03. The molecule has 140 valence electrons.